The summed E-state index contributed by atoms with van der Waals surface area (Å²) in [6.07, 6.45) is 2.64. The van der Waals surface area contributed by atoms with Gasteiger partial charge in [0.15, 0.2) is 0 Å². The normalized spacial score (nSPS) is 16.8. The lowest BCUT2D eigenvalue weighted by atomic mass is 10.2. The van der Waals surface area contributed by atoms with Crippen molar-refractivity contribution in [3.63, 3.8) is 0 Å². The van der Waals surface area contributed by atoms with Crippen LogP contribution in [0.5, 0.6) is 0 Å². The molecule has 0 radical (unpaired) electrons. The largest absolute Gasteiger partial charge is 0.396 e. The Labute approximate surface area is 122 Å². The number of halogens is 1. The number of hydrogen-bond donors (Lipinski definition) is 2. The molecular weight excluding hydrogens is 310 g/mol. The van der Waals surface area contributed by atoms with Crippen molar-refractivity contribution in [3.8, 4) is 0 Å². The predicted molar refractivity (Wildman–Crippen MR) is 81.0 cm³/mol. The second-order valence-electron chi connectivity index (χ2n) is 5.01. The number of rotatable bonds is 7. The maximum absolute atomic E-state index is 9.09. The fourth-order valence-electron chi connectivity index (χ4n) is 1.64. The number of benzene rings is 1. The van der Waals surface area contributed by atoms with E-state index in [1.807, 2.05) is 11.8 Å². The van der Waals surface area contributed by atoms with Crippen LogP contribution in [0.2, 0.25) is 0 Å². The second kappa shape index (κ2) is 6.94. The van der Waals surface area contributed by atoms with Gasteiger partial charge in [-0.1, -0.05) is 28.9 Å². The van der Waals surface area contributed by atoms with E-state index in [1.54, 1.807) is 0 Å². The fourth-order valence-corrected chi connectivity index (χ4v) is 3.25. The van der Waals surface area contributed by atoms with Crippen molar-refractivity contribution in [1.82, 2.24) is 5.32 Å². The van der Waals surface area contributed by atoms with Crippen molar-refractivity contribution in [2.75, 3.05) is 12.4 Å². The van der Waals surface area contributed by atoms with Crippen LogP contribution in [-0.4, -0.2) is 23.5 Å². The summed E-state index contributed by atoms with van der Waals surface area (Å²) in [4.78, 5) is 1.32. The molecule has 18 heavy (non-hydrogen) atoms. The lowest BCUT2D eigenvalue weighted by Gasteiger charge is -2.12. The van der Waals surface area contributed by atoms with E-state index in [4.69, 9.17) is 5.11 Å². The summed E-state index contributed by atoms with van der Waals surface area (Å²) >= 11 is 5.37. The third kappa shape index (κ3) is 4.57. The van der Waals surface area contributed by atoms with Crippen LogP contribution in [0.25, 0.3) is 0 Å². The molecule has 1 aliphatic rings. The second-order valence-corrected chi connectivity index (χ2v) is 6.98. The van der Waals surface area contributed by atoms with Gasteiger partial charge in [0, 0.05) is 34.3 Å². The number of thioether (sulfide) groups is 1. The molecule has 0 spiro atoms. The third-order valence-corrected chi connectivity index (χ3v) is 4.94. The summed E-state index contributed by atoms with van der Waals surface area (Å²) in [6.45, 7) is 3.29. The Balaban J connectivity index is 1.97. The van der Waals surface area contributed by atoms with Crippen molar-refractivity contribution < 1.29 is 5.11 Å². The van der Waals surface area contributed by atoms with E-state index in [1.165, 1.54) is 23.3 Å². The minimum atomic E-state index is 0.261. The minimum absolute atomic E-state index is 0.261. The van der Waals surface area contributed by atoms with Crippen LogP contribution in [0.1, 0.15) is 25.3 Å². The van der Waals surface area contributed by atoms with Crippen LogP contribution in [0.3, 0.4) is 0 Å². The lowest BCUT2D eigenvalue weighted by Crippen LogP contribution is -2.16. The van der Waals surface area contributed by atoms with Gasteiger partial charge in [0.25, 0.3) is 0 Å². The van der Waals surface area contributed by atoms with Crippen molar-refractivity contribution in [1.29, 1.82) is 0 Å². The molecule has 1 saturated carbocycles. The zero-order valence-corrected chi connectivity index (χ0v) is 13.1. The summed E-state index contributed by atoms with van der Waals surface area (Å²) in [7, 11) is 0. The number of nitrogens with one attached hydrogen (secondary N) is 1. The van der Waals surface area contributed by atoms with Crippen LogP contribution < -0.4 is 5.32 Å². The summed E-state index contributed by atoms with van der Waals surface area (Å²) < 4.78 is 1.12. The molecule has 100 valence electrons. The van der Waals surface area contributed by atoms with Gasteiger partial charge in [-0.2, -0.15) is 0 Å². The SMILES string of the molecule is CC(CO)CSc1cc(Br)ccc1CNC1CC1. The Morgan fingerprint density at radius 3 is 2.94 bits per heavy atom. The van der Waals surface area contributed by atoms with Gasteiger partial charge in [0.05, 0.1) is 0 Å². The van der Waals surface area contributed by atoms with Crippen LogP contribution in [-0.2, 0) is 6.54 Å². The van der Waals surface area contributed by atoms with Crippen molar-refractivity contribution in [3.05, 3.63) is 28.2 Å². The quantitative estimate of drug-likeness (QED) is 0.752. The molecule has 2 N–H and O–H groups in total. The molecule has 1 atom stereocenters. The van der Waals surface area contributed by atoms with Gasteiger partial charge in [-0.3, -0.25) is 0 Å². The van der Waals surface area contributed by atoms with E-state index < -0.39 is 0 Å². The standard InChI is InChI=1S/C14H20BrNOS/c1-10(8-17)9-18-14-6-12(15)3-2-11(14)7-16-13-4-5-13/h2-3,6,10,13,16-17H,4-5,7-9H2,1H3. The maximum atomic E-state index is 9.09. The summed E-state index contributed by atoms with van der Waals surface area (Å²) in [5, 5.41) is 12.6. The first-order valence-corrected chi connectivity index (χ1v) is 8.22. The molecule has 1 aliphatic carbocycles. The van der Waals surface area contributed by atoms with E-state index in [-0.39, 0.29) is 6.61 Å². The molecule has 1 fully saturated rings. The van der Waals surface area contributed by atoms with Gasteiger partial charge in [-0.25, -0.2) is 0 Å². The lowest BCUT2D eigenvalue weighted by molar-refractivity contribution is 0.250. The number of aliphatic hydroxyl groups is 1. The average Bonchev–Trinajstić information content (AvgIpc) is 3.18. The summed E-state index contributed by atoms with van der Waals surface area (Å²) in [5.74, 6) is 1.31. The Bertz CT molecular complexity index is 395. The fraction of sp³-hybridized carbons (Fsp3) is 0.571. The summed E-state index contributed by atoms with van der Waals surface area (Å²) in [6, 6.07) is 7.20. The van der Waals surface area contributed by atoms with Gasteiger partial charge in [-0.05, 0) is 36.5 Å². The zero-order valence-electron chi connectivity index (χ0n) is 10.7. The molecule has 1 aromatic rings. The summed E-state index contributed by atoms with van der Waals surface area (Å²) in [5.41, 5.74) is 1.36. The topological polar surface area (TPSA) is 32.3 Å². The molecule has 2 nitrogen and oxygen atoms in total. The van der Waals surface area contributed by atoms with E-state index in [2.05, 4.69) is 46.4 Å². The molecule has 0 heterocycles. The van der Waals surface area contributed by atoms with E-state index in [0.717, 1.165) is 22.8 Å². The van der Waals surface area contributed by atoms with Crippen molar-refractivity contribution in [2.24, 2.45) is 5.92 Å². The van der Waals surface area contributed by atoms with Crippen LogP contribution in [0, 0.1) is 5.92 Å². The molecule has 0 amide bonds. The number of aliphatic hydroxyl groups excluding tert-OH is 1. The maximum Gasteiger partial charge on any atom is 0.0464 e. The highest BCUT2D eigenvalue weighted by Gasteiger charge is 2.20. The Morgan fingerprint density at radius 2 is 2.28 bits per heavy atom. The van der Waals surface area contributed by atoms with Gasteiger partial charge < -0.3 is 10.4 Å². The molecule has 2 rings (SSSR count). The molecule has 4 heteroatoms. The molecule has 0 bridgehead atoms. The highest BCUT2D eigenvalue weighted by Crippen LogP contribution is 2.29. The van der Waals surface area contributed by atoms with E-state index >= 15 is 0 Å². The molecule has 0 aliphatic heterocycles. The minimum Gasteiger partial charge on any atom is -0.396 e. The van der Waals surface area contributed by atoms with E-state index in [0.29, 0.717) is 5.92 Å². The van der Waals surface area contributed by atoms with Crippen molar-refractivity contribution >= 4 is 27.7 Å². The molecule has 1 aromatic carbocycles. The molecule has 0 saturated heterocycles. The number of hydrogen-bond acceptors (Lipinski definition) is 3. The first-order valence-electron chi connectivity index (χ1n) is 6.44. The highest BCUT2D eigenvalue weighted by molar-refractivity contribution is 9.10. The average molecular weight is 330 g/mol. The van der Waals surface area contributed by atoms with Gasteiger partial charge >= 0.3 is 0 Å². The monoisotopic (exact) mass is 329 g/mol. The smallest absolute Gasteiger partial charge is 0.0464 e. The Kier molecular flexibility index (Phi) is 5.55. The van der Waals surface area contributed by atoms with Gasteiger partial charge in [0.1, 0.15) is 0 Å². The predicted octanol–water partition coefficient (Wildman–Crippen LogP) is 3.42. The first kappa shape index (κ1) is 14.4. The molecule has 0 aromatic heterocycles. The van der Waals surface area contributed by atoms with Crippen LogP contribution in [0.15, 0.2) is 27.6 Å². The van der Waals surface area contributed by atoms with Gasteiger partial charge in [-0.15, -0.1) is 11.8 Å². The van der Waals surface area contributed by atoms with E-state index in [9.17, 15) is 0 Å². The van der Waals surface area contributed by atoms with Gasteiger partial charge in [0.2, 0.25) is 0 Å². The molecule has 1 unspecified atom stereocenters. The first-order chi connectivity index (χ1) is 8.69. The zero-order chi connectivity index (χ0) is 13.0. The third-order valence-electron chi connectivity index (χ3n) is 3.02. The molecular formula is C14H20BrNOS. The van der Waals surface area contributed by atoms with Crippen molar-refractivity contribution in [2.45, 2.75) is 37.2 Å². The van der Waals surface area contributed by atoms with Crippen LogP contribution >= 0.6 is 27.7 Å². The Hall–Kier alpha value is -0.0300. The van der Waals surface area contributed by atoms with Crippen LogP contribution in [0.4, 0.5) is 0 Å². The Morgan fingerprint density at radius 1 is 1.50 bits per heavy atom. The highest BCUT2D eigenvalue weighted by atomic mass is 79.9.